The molecule has 3 atom stereocenters. The van der Waals surface area contributed by atoms with Gasteiger partial charge in [0.05, 0.1) is 0 Å². The molecule has 0 aromatic heterocycles. The molecule has 1 aliphatic rings. The van der Waals surface area contributed by atoms with Crippen molar-refractivity contribution < 1.29 is 0 Å². The van der Waals surface area contributed by atoms with E-state index < -0.39 is 0 Å². The standard InChI is InChI=1S/C17H35N/c1-14(2)9-7-5-6-8-12-18-17-11-10-15(3)16(4)13-17/h14-18H,5-13H2,1-4H3. The molecule has 1 nitrogen and oxygen atoms in total. The molecule has 1 aliphatic carbocycles. The molecule has 108 valence electrons. The number of nitrogens with one attached hydrogen (secondary N) is 1. The van der Waals surface area contributed by atoms with Crippen LogP contribution in [0.3, 0.4) is 0 Å². The zero-order chi connectivity index (χ0) is 13.4. The van der Waals surface area contributed by atoms with Crippen molar-refractivity contribution >= 4 is 0 Å². The van der Waals surface area contributed by atoms with Gasteiger partial charge in [0.15, 0.2) is 0 Å². The van der Waals surface area contributed by atoms with Gasteiger partial charge in [0.2, 0.25) is 0 Å². The molecule has 1 N–H and O–H groups in total. The molecule has 1 rings (SSSR count). The van der Waals surface area contributed by atoms with Crippen LogP contribution in [-0.4, -0.2) is 12.6 Å². The fourth-order valence-electron chi connectivity index (χ4n) is 3.07. The quantitative estimate of drug-likeness (QED) is 0.600. The Hall–Kier alpha value is -0.0400. The van der Waals surface area contributed by atoms with Crippen LogP contribution in [0.2, 0.25) is 0 Å². The van der Waals surface area contributed by atoms with Crippen LogP contribution in [0, 0.1) is 17.8 Å². The lowest BCUT2D eigenvalue weighted by atomic mass is 9.79. The number of unbranched alkanes of at least 4 members (excludes halogenated alkanes) is 3. The van der Waals surface area contributed by atoms with E-state index in [1.54, 1.807) is 0 Å². The largest absolute Gasteiger partial charge is 0.314 e. The van der Waals surface area contributed by atoms with E-state index in [4.69, 9.17) is 0 Å². The first-order chi connectivity index (χ1) is 8.59. The molecule has 0 aliphatic heterocycles. The van der Waals surface area contributed by atoms with Gasteiger partial charge in [-0.15, -0.1) is 0 Å². The summed E-state index contributed by atoms with van der Waals surface area (Å²) in [5.41, 5.74) is 0. The Bertz CT molecular complexity index is 200. The maximum atomic E-state index is 3.77. The second-order valence-corrected chi connectivity index (χ2v) is 7.02. The number of hydrogen-bond donors (Lipinski definition) is 1. The summed E-state index contributed by atoms with van der Waals surface area (Å²) >= 11 is 0. The second kappa shape index (κ2) is 8.96. The summed E-state index contributed by atoms with van der Waals surface area (Å²) in [5, 5.41) is 3.77. The van der Waals surface area contributed by atoms with E-state index >= 15 is 0 Å². The van der Waals surface area contributed by atoms with Crippen LogP contribution in [0.25, 0.3) is 0 Å². The van der Waals surface area contributed by atoms with Crippen molar-refractivity contribution in [2.45, 2.75) is 85.1 Å². The average Bonchev–Trinajstić information content (AvgIpc) is 2.32. The van der Waals surface area contributed by atoms with E-state index in [2.05, 4.69) is 33.0 Å². The first-order valence-corrected chi connectivity index (χ1v) is 8.33. The third-order valence-electron chi connectivity index (χ3n) is 4.74. The summed E-state index contributed by atoms with van der Waals surface area (Å²) in [7, 11) is 0. The Labute approximate surface area is 115 Å². The monoisotopic (exact) mass is 253 g/mol. The third kappa shape index (κ3) is 6.78. The van der Waals surface area contributed by atoms with Gasteiger partial charge in [-0.25, -0.2) is 0 Å². The van der Waals surface area contributed by atoms with E-state index in [9.17, 15) is 0 Å². The highest BCUT2D eigenvalue weighted by Gasteiger charge is 2.23. The maximum Gasteiger partial charge on any atom is 0.00698 e. The molecule has 1 saturated carbocycles. The van der Waals surface area contributed by atoms with Gasteiger partial charge in [0.1, 0.15) is 0 Å². The maximum absolute atomic E-state index is 3.77. The lowest BCUT2D eigenvalue weighted by Crippen LogP contribution is -2.36. The molecule has 18 heavy (non-hydrogen) atoms. The minimum absolute atomic E-state index is 0.812. The average molecular weight is 253 g/mol. The molecule has 0 radical (unpaired) electrons. The van der Waals surface area contributed by atoms with Gasteiger partial charge in [-0.2, -0.15) is 0 Å². The fourth-order valence-corrected chi connectivity index (χ4v) is 3.07. The Morgan fingerprint density at radius 1 is 0.944 bits per heavy atom. The van der Waals surface area contributed by atoms with E-state index in [0.29, 0.717) is 0 Å². The van der Waals surface area contributed by atoms with E-state index in [0.717, 1.165) is 23.8 Å². The summed E-state index contributed by atoms with van der Waals surface area (Å²) < 4.78 is 0. The highest BCUT2D eigenvalue weighted by molar-refractivity contribution is 4.79. The van der Waals surface area contributed by atoms with Crippen molar-refractivity contribution in [3.05, 3.63) is 0 Å². The van der Waals surface area contributed by atoms with Crippen molar-refractivity contribution in [1.82, 2.24) is 5.32 Å². The SMILES string of the molecule is CC(C)CCCCCCNC1CCC(C)C(C)C1. The van der Waals surface area contributed by atoms with Crippen LogP contribution in [0.1, 0.15) is 79.1 Å². The van der Waals surface area contributed by atoms with Crippen molar-refractivity contribution in [2.24, 2.45) is 17.8 Å². The van der Waals surface area contributed by atoms with Gasteiger partial charge >= 0.3 is 0 Å². The molecule has 0 spiro atoms. The summed E-state index contributed by atoms with van der Waals surface area (Å²) in [5.74, 6) is 2.75. The second-order valence-electron chi connectivity index (χ2n) is 7.02. The Kier molecular flexibility index (Phi) is 7.97. The van der Waals surface area contributed by atoms with Gasteiger partial charge < -0.3 is 5.32 Å². The summed E-state index contributed by atoms with van der Waals surface area (Å²) in [6, 6.07) is 0.812. The molecule has 0 bridgehead atoms. The van der Waals surface area contributed by atoms with Gasteiger partial charge in [0.25, 0.3) is 0 Å². The van der Waals surface area contributed by atoms with E-state index in [1.807, 2.05) is 0 Å². The lowest BCUT2D eigenvalue weighted by Gasteiger charge is -2.32. The van der Waals surface area contributed by atoms with Crippen LogP contribution in [0.5, 0.6) is 0 Å². The highest BCUT2D eigenvalue weighted by Crippen LogP contribution is 2.29. The Balaban J connectivity index is 1.92. The van der Waals surface area contributed by atoms with Crippen LogP contribution in [-0.2, 0) is 0 Å². The van der Waals surface area contributed by atoms with E-state index in [1.165, 1.54) is 57.9 Å². The minimum Gasteiger partial charge on any atom is -0.314 e. The minimum atomic E-state index is 0.812. The normalized spacial score (nSPS) is 28.8. The molecule has 0 amide bonds. The molecule has 0 aromatic carbocycles. The van der Waals surface area contributed by atoms with Crippen molar-refractivity contribution in [3.8, 4) is 0 Å². The Morgan fingerprint density at radius 3 is 2.33 bits per heavy atom. The number of rotatable bonds is 8. The predicted molar refractivity (Wildman–Crippen MR) is 81.9 cm³/mol. The van der Waals surface area contributed by atoms with Crippen LogP contribution >= 0.6 is 0 Å². The highest BCUT2D eigenvalue weighted by atomic mass is 14.9. The molecular weight excluding hydrogens is 218 g/mol. The smallest absolute Gasteiger partial charge is 0.00698 e. The Morgan fingerprint density at radius 2 is 1.67 bits per heavy atom. The topological polar surface area (TPSA) is 12.0 Å². The third-order valence-corrected chi connectivity index (χ3v) is 4.74. The first kappa shape index (κ1) is 16.0. The molecule has 0 aromatic rings. The van der Waals surface area contributed by atoms with Crippen molar-refractivity contribution in [2.75, 3.05) is 6.54 Å². The molecule has 3 unspecified atom stereocenters. The molecule has 1 heteroatoms. The van der Waals surface area contributed by atoms with Crippen LogP contribution in [0.4, 0.5) is 0 Å². The summed E-state index contributed by atoms with van der Waals surface area (Å²) in [6.07, 6.45) is 11.3. The predicted octanol–water partition coefficient (Wildman–Crippen LogP) is 5.01. The van der Waals surface area contributed by atoms with Crippen molar-refractivity contribution in [1.29, 1.82) is 0 Å². The van der Waals surface area contributed by atoms with E-state index in [-0.39, 0.29) is 0 Å². The lowest BCUT2D eigenvalue weighted by molar-refractivity contribution is 0.226. The van der Waals surface area contributed by atoms with Crippen LogP contribution < -0.4 is 5.32 Å². The van der Waals surface area contributed by atoms with Gasteiger partial charge in [-0.05, 0) is 50.0 Å². The van der Waals surface area contributed by atoms with Gasteiger partial charge in [0, 0.05) is 6.04 Å². The molecule has 0 heterocycles. The molecule has 0 saturated heterocycles. The first-order valence-electron chi connectivity index (χ1n) is 8.33. The van der Waals surface area contributed by atoms with Gasteiger partial charge in [-0.1, -0.05) is 53.4 Å². The van der Waals surface area contributed by atoms with Gasteiger partial charge in [-0.3, -0.25) is 0 Å². The zero-order valence-corrected chi connectivity index (χ0v) is 13.2. The fraction of sp³-hybridized carbons (Fsp3) is 1.00. The number of hydrogen-bond acceptors (Lipinski definition) is 1. The summed E-state index contributed by atoms with van der Waals surface area (Å²) in [4.78, 5) is 0. The van der Waals surface area contributed by atoms with Crippen LogP contribution in [0.15, 0.2) is 0 Å². The zero-order valence-electron chi connectivity index (χ0n) is 13.2. The summed E-state index contributed by atoms with van der Waals surface area (Å²) in [6.45, 7) is 10.7. The van der Waals surface area contributed by atoms with Crippen molar-refractivity contribution in [3.63, 3.8) is 0 Å². The molecular formula is C17H35N. The molecule has 1 fully saturated rings.